The molecule has 0 spiro atoms. The molecule has 2 N–H and O–H groups in total. The molecular formula is C11H18ClN5O. The van der Waals surface area contributed by atoms with E-state index in [2.05, 4.69) is 20.3 Å². The van der Waals surface area contributed by atoms with Crippen LogP contribution >= 0.6 is 11.6 Å². The number of hydrogen-bond donors (Lipinski definition) is 2. The molecule has 1 atom stereocenters. The average Bonchev–Trinajstić information content (AvgIpc) is 2.49. The Morgan fingerprint density at radius 2 is 2.06 bits per heavy atom. The van der Waals surface area contributed by atoms with Gasteiger partial charge in [0.2, 0.25) is 17.2 Å². The molecule has 2 heterocycles. The molecule has 0 amide bonds. The summed E-state index contributed by atoms with van der Waals surface area (Å²) in [7, 11) is 1.74. The van der Waals surface area contributed by atoms with Crippen molar-refractivity contribution in [2.75, 3.05) is 30.4 Å². The van der Waals surface area contributed by atoms with Gasteiger partial charge >= 0.3 is 0 Å². The molecule has 1 aromatic rings. The highest BCUT2D eigenvalue weighted by molar-refractivity contribution is 6.28. The number of nitrogens with zero attached hydrogens (tertiary/aromatic N) is 4. The fraction of sp³-hybridized carbons (Fsp3) is 0.727. The Balaban J connectivity index is 2.18. The van der Waals surface area contributed by atoms with E-state index in [0.717, 1.165) is 25.9 Å². The second kappa shape index (κ2) is 5.24. The molecule has 1 aliphatic heterocycles. The molecule has 0 bridgehead atoms. The van der Waals surface area contributed by atoms with Gasteiger partial charge in [0.1, 0.15) is 0 Å². The van der Waals surface area contributed by atoms with Gasteiger partial charge in [0.05, 0.1) is 5.60 Å². The van der Waals surface area contributed by atoms with Gasteiger partial charge in [-0.2, -0.15) is 15.0 Å². The molecule has 0 aromatic carbocycles. The van der Waals surface area contributed by atoms with Crippen molar-refractivity contribution in [1.29, 1.82) is 0 Å². The topological polar surface area (TPSA) is 74.2 Å². The van der Waals surface area contributed by atoms with Crippen molar-refractivity contribution in [3.8, 4) is 0 Å². The highest BCUT2D eigenvalue weighted by Gasteiger charge is 2.26. The summed E-state index contributed by atoms with van der Waals surface area (Å²) in [5.74, 6) is 1.03. The third kappa shape index (κ3) is 3.20. The molecule has 18 heavy (non-hydrogen) atoms. The minimum atomic E-state index is -0.600. The van der Waals surface area contributed by atoms with E-state index in [-0.39, 0.29) is 5.28 Å². The normalized spacial score (nSPS) is 24.8. The van der Waals surface area contributed by atoms with Crippen molar-refractivity contribution < 1.29 is 5.11 Å². The fourth-order valence-corrected chi connectivity index (χ4v) is 2.21. The van der Waals surface area contributed by atoms with Crippen LogP contribution in [0.15, 0.2) is 0 Å². The summed E-state index contributed by atoms with van der Waals surface area (Å²) in [5, 5.41) is 13.1. The van der Waals surface area contributed by atoms with E-state index < -0.39 is 5.60 Å². The number of halogens is 1. The van der Waals surface area contributed by atoms with E-state index in [1.165, 1.54) is 0 Å². The minimum absolute atomic E-state index is 0.181. The van der Waals surface area contributed by atoms with Crippen LogP contribution in [0.1, 0.15) is 26.2 Å². The summed E-state index contributed by atoms with van der Waals surface area (Å²) in [6.45, 7) is 3.41. The molecule has 1 unspecified atom stereocenters. The largest absolute Gasteiger partial charge is 0.390 e. The maximum atomic E-state index is 10.1. The zero-order valence-corrected chi connectivity index (χ0v) is 11.4. The molecular weight excluding hydrogens is 254 g/mol. The number of hydrogen-bond acceptors (Lipinski definition) is 6. The monoisotopic (exact) mass is 271 g/mol. The minimum Gasteiger partial charge on any atom is -0.390 e. The second-order valence-electron chi connectivity index (χ2n) is 4.82. The summed E-state index contributed by atoms with van der Waals surface area (Å²) in [6.07, 6.45) is 2.40. The lowest BCUT2D eigenvalue weighted by molar-refractivity contribution is 0.0481. The lowest BCUT2D eigenvalue weighted by Gasteiger charge is -2.22. The molecule has 7 heteroatoms. The Morgan fingerprint density at radius 1 is 1.28 bits per heavy atom. The smallest absolute Gasteiger partial charge is 0.231 e. The molecule has 0 saturated carbocycles. The Hall–Kier alpha value is -1.14. The van der Waals surface area contributed by atoms with E-state index in [9.17, 15) is 5.11 Å². The second-order valence-corrected chi connectivity index (χ2v) is 5.15. The first kappa shape index (κ1) is 13.3. The fourth-order valence-electron chi connectivity index (χ4n) is 2.06. The van der Waals surface area contributed by atoms with Crippen LogP contribution in [0.25, 0.3) is 0 Å². The first-order chi connectivity index (χ1) is 8.50. The number of nitrogens with one attached hydrogen (secondary N) is 1. The maximum absolute atomic E-state index is 10.1. The average molecular weight is 272 g/mol. The van der Waals surface area contributed by atoms with Crippen molar-refractivity contribution in [3.05, 3.63) is 5.28 Å². The van der Waals surface area contributed by atoms with E-state index in [1.54, 1.807) is 7.05 Å². The standard InChI is InChI=1S/C11H18ClN5O/c1-11(18)4-3-6-17(7-5-11)10-15-8(12)14-9(13-2)16-10/h18H,3-7H2,1-2H3,(H,13,14,15,16). The van der Waals surface area contributed by atoms with Gasteiger partial charge in [0.15, 0.2) is 0 Å². The van der Waals surface area contributed by atoms with Crippen LogP contribution in [0.4, 0.5) is 11.9 Å². The van der Waals surface area contributed by atoms with Crippen LogP contribution in [-0.2, 0) is 0 Å². The lowest BCUT2D eigenvalue weighted by Crippen LogP contribution is -2.29. The number of aromatic nitrogens is 3. The van der Waals surface area contributed by atoms with Crippen LogP contribution in [0.3, 0.4) is 0 Å². The van der Waals surface area contributed by atoms with Gasteiger partial charge in [-0.1, -0.05) is 0 Å². The van der Waals surface area contributed by atoms with Crippen LogP contribution in [0.2, 0.25) is 5.28 Å². The Labute approximate surface area is 111 Å². The molecule has 6 nitrogen and oxygen atoms in total. The van der Waals surface area contributed by atoms with Crippen molar-refractivity contribution >= 4 is 23.5 Å². The van der Waals surface area contributed by atoms with Crippen molar-refractivity contribution in [2.24, 2.45) is 0 Å². The highest BCUT2D eigenvalue weighted by atomic mass is 35.5. The van der Waals surface area contributed by atoms with Crippen LogP contribution in [-0.4, -0.2) is 45.8 Å². The van der Waals surface area contributed by atoms with Gasteiger partial charge in [-0.25, -0.2) is 0 Å². The third-order valence-corrected chi connectivity index (χ3v) is 3.34. The van der Waals surface area contributed by atoms with Gasteiger partial charge in [-0.3, -0.25) is 0 Å². The predicted octanol–water partition coefficient (Wildman–Crippen LogP) is 1.31. The first-order valence-corrected chi connectivity index (χ1v) is 6.45. The van der Waals surface area contributed by atoms with Gasteiger partial charge in [0, 0.05) is 20.1 Å². The summed E-state index contributed by atoms with van der Waals surface area (Å²) < 4.78 is 0. The van der Waals surface area contributed by atoms with Crippen molar-refractivity contribution in [1.82, 2.24) is 15.0 Å². The summed E-state index contributed by atoms with van der Waals surface area (Å²) in [6, 6.07) is 0. The third-order valence-electron chi connectivity index (χ3n) is 3.17. The van der Waals surface area contributed by atoms with Gasteiger partial charge < -0.3 is 15.3 Å². The zero-order valence-electron chi connectivity index (χ0n) is 10.6. The van der Waals surface area contributed by atoms with Crippen molar-refractivity contribution in [3.63, 3.8) is 0 Å². The maximum Gasteiger partial charge on any atom is 0.231 e. The number of anilines is 2. The molecule has 0 aliphatic carbocycles. The molecule has 100 valence electrons. The quantitative estimate of drug-likeness (QED) is 0.845. The SMILES string of the molecule is CNc1nc(Cl)nc(N2CCCC(C)(O)CC2)n1. The highest BCUT2D eigenvalue weighted by Crippen LogP contribution is 2.24. The Kier molecular flexibility index (Phi) is 3.87. The summed E-state index contributed by atoms with van der Waals surface area (Å²) >= 11 is 5.87. The van der Waals surface area contributed by atoms with Crippen LogP contribution in [0, 0.1) is 0 Å². The Bertz CT molecular complexity index is 426. The van der Waals surface area contributed by atoms with E-state index in [1.807, 2.05) is 11.8 Å². The van der Waals surface area contributed by atoms with E-state index in [4.69, 9.17) is 11.6 Å². The predicted molar refractivity (Wildman–Crippen MR) is 71.1 cm³/mol. The lowest BCUT2D eigenvalue weighted by atomic mass is 9.98. The van der Waals surface area contributed by atoms with Crippen LogP contribution < -0.4 is 10.2 Å². The summed E-state index contributed by atoms with van der Waals surface area (Å²) in [5.41, 5.74) is -0.600. The molecule has 2 rings (SSSR count). The van der Waals surface area contributed by atoms with E-state index in [0.29, 0.717) is 18.3 Å². The van der Waals surface area contributed by atoms with E-state index >= 15 is 0 Å². The zero-order chi connectivity index (χ0) is 13.2. The van der Waals surface area contributed by atoms with Gasteiger partial charge in [0.25, 0.3) is 0 Å². The van der Waals surface area contributed by atoms with Crippen LogP contribution in [0.5, 0.6) is 0 Å². The molecule has 1 saturated heterocycles. The number of rotatable bonds is 2. The Morgan fingerprint density at radius 3 is 2.78 bits per heavy atom. The molecule has 1 aliphatic rings. The molecule has 0 radical (unpaired) electrons. The van der Waals surface area contributed by atoms with Gasteiger partial charge in [-0.15, -0.1) is 0 Å². The van der Waals surface area contributed by atoms with Gasteiger partial charge in [-0.05, 0) is 37.8 Å². The summed E-state index contributed by atoms with van der Waals surface area (Å²) in [4.78, 5) is 14.4. The first-order valence-electron chi connectivity index (χ1n) is 6.07. The molecule has 1 fully saturated rings. The number of aliphatic hydroxyl groups is 1. The molecule has 1 aromatic heterocycles. The van der Waals surface area contributed by atoms with Crippen molar-refractivity contribution in [2.45, 2.75) is 31.8 Å².